The van der Waals surface area contributed by atoms with Crippen molar-refractivity contribution in [3.63, 3.8) is 0 Å². The second-order valence-corrected chi connectivity index (χ2v) is 7.44. The molecule has 4 amide bonds. The molecule has 1 aromatic rings. The Balaban J connectivity index is 1.79. The summed E-state index contributed by atoms with van der Waals surface area (Å²) in [6.07, 6.45) is 7.93. The van der Waals surface area contributed by atoms with Crippen LogP contribution < -0.4 is 10.7 Å². The number of amides is 4. The van der Waals surface area contributed by atoms with Crippen LogP contribution in [-0.2, 0) is 16.0 Å². The zero-order valence-corrected chi connectivity index (χ0v) is 16.4. The largest absolute Gasteiger partial charge is 0.344 e. The first-order valence-corrected chi connectivity index (χ1v) is 9.96. The molecule has 0 bridgehead atoms. The Labute approximate surface area is 161 Å². The first-order chi connectivity index (χ1) is 13.0. The molecule has 0 spiro atoms. The van der Waals surface area contributed by atoms with Crippen molar-refractivity contribution in [3.05, 3.63) is 35.9 Å². The van der Waals surface area contributed by atoms with Crippen LogP contribution in [0.15, 0.2) is 30.3 Å². The van der Waals surface area contributed by atoms with Crippen LogP contribution in [0.4, 0.5) is 4.79 Å². The number of rotatable bonds is 11. The third kappa shape index (κ3) is 6.08. The van der Waals surface area contributed by atoms with Gasteiger partial charge in [-0.3, -0.25) is 15.0 Å². The highest BCUT2D eigenvalue weighted by molar-refractivity contribution is 6.07. The van der Waals surface area contributed by atoms with Gasteiger partial charge in [0, 0.05) is 6.42 Å². The maximum atomic E-state index is 12.7. The van der Waals surface area contributed by atoms with Gasteiger partial charge in [0.05, 0.1) is 0 Å². The van der Waals surface area contributed by atoms with Crippen LogP contribution in [-0.4, -0.2) is 28.4 Å². The van der Waals surface area contributed by atoms with E-state index in [9.17, 15) is 14.4 Å². The predicted molar refractivity (Wildman–Crippen MR) is 105 cm³/mol. The number of nitrogens with one attached hydrogen (secondary N) is 2. The van der Waals surface area contributed by atoms with Gasteiger partial charge < -0.3 is 5.32 Å². The van der Waals surface area contributed by atoms with Crippen molar-refractivity contribution in [1.29, 1.82) is 0 Å². The lowest BCUT2D eigenvalue weighted by atomic mass is 9.93. The van der Waals surface area contributed by atoms with Gasteiger partial charge in [-0.25, -0.2) is 4.79 Å². The zero-order chi connectivity index (χ0) is 19.7. The molecule has 1 unspecified atom stereocenters. The van der Waals surface area contributed by atoms with E-state index in [1.807, 2.05) is 30.3 Å². The van der Waals surface area contributed by atoms with Crippen LogP contribution in [0.3, 0.4) is 0 Å². The van der Waals surface area contributed by atoms with E-state index in [1.165, 1.54) is 19.3 Å². The molecule has 1 atom stereocenters. The molecule has 1 saturated heterocycles. The van der Waals surface area contributed by atoms with E-state index in [0.717, 1.165) is 29.8 Å². The van der Waals surface area contributed by atoms with Crippen molar-refractivity contribution in [3.8, 4) is 0 Å². The highest BCUT2D eigenvalue weighted by Crippen LogP contribution is 2.22. The number of hydrogen-bond donors (Lipinski definition) is 2. The average Bonchev–Trinajstić information content (AvgIpc) is 2.87. The number of unbranched alkanes of at least 4 members (excludes halogenated alkanes) is 5. The molecule has 1 heterocycles. The first-order valence-electron chi connectivity index (χ1n) is 9.96. The molecular weight excluding hydrogens is 342 g/mol. The summed E-state index contributed by atoms with van der Waals surface area (Å²) < 4.78 is 0. The monoisotopic (exact) mass is 373 g/mol. The fourth-order valence-corrected chi connectivity index (χ4v) is 3.24. The van der Waals surface area contributed by atoms with E-state index >= 15 is 0 Å². The normalized spacial score (nSPS) is 19.3. The van der Waals surface area contributed by atoms with E-state index in [1.54, 1.807) is 6.92 Å². The van der Waals surface area contributed by atoms with Gasteiger partial charge in [0.1, 0.15) is 5.54 Å². The Hall–Kier alpha value is -2.37. The smallest absolute Gasteiger partial charge is 0.322 e. The van der Waals surface area contributed by atoms with E-state index in [4.69, 9.17) is 0 Å². The van der Waals surface area contributed by atoms with Crippen LogP contribution in [0.1, 0.15) is 70.8 Å². The van der Waals surface area contributed by atoms with Crippen molar-refractivity contribution < 1.29 is 14.4 Å². The number of urea groups is 1. The second-order valence-electron chi connectivity index (χ2n) is 7.44. The molecule has 148 valence electrons. The van der Waals surface area contributed by atoms with Gasteiger partial charge in [-0.05, 0) is 31.7 Å². The molecule has 6 nitrogen and oxygen atoms in total. The molecule has 2 N–H and O–H groups in total. The molecular formula is C21H31N3O3. The number of carbonyl (C=O) groups excluding carboxylic acids is 3. The summed E-state index contributed by atoms with van der Waals surface area (Å²) in [6.45, 7) is 3.87. The van der Waals surface area contributed by atoms with Gasteiger partial charge in [-0.15, -0.1) is 0 Å². The minimum atomic E-state index is -1.000. The molecule has 0 aromatic heterocycles. The summed E-state index contributed by atoms with van der Waals surface area (Å²) in [6, 6.07) is 9.25. The van der Waals surface area contributed by atoms with Crippen LogP contribution >= 0.6 is 0 Å². The fraction of sp³-hybridized carbons (Fsp3) is 0.571. The number of hydrazine groups is 1. The Morgan fingerprint density at radius 3 is 2.44 bits per heavy atom. The van der Waals surface area contributed by atoms with Crippen LogP contribution in [0.25, 0.3) is 0 Å². The molecule has 1 aromatic carbocycles. The Kier molecular flexibility index (Phi) is 7.82. The number of aryl methyl sites for hydroxylation is 1. The maximum Gasteiger partial charge on any atom is 0.344 e. The van der Waals surface area contributed by atoms with E-state index < -0.39 is 17.5 Å². The number of nitrogens with zero attached hydrogens (tertiary/aromatic N) is 1. The summed E-state index contributed by atoms with van der Waals surface area (Å²) in [5.74, 6) is -0.693. The minimum absolute atomic E-state index is 0.290. The third-order valence-corrected chi connectivity index (χ3v) is 5.01. The standard InChI is InChI=1S/C21H31N3O3/c1-3-4-5-6-7-11-14-18(25)23-24-19(26)21(2,22-20(24)27)16-15-17-12-9-8-10-13-17/h8-10,12-13H,3-7,11,14-16H2,1-2H3,(H,22,27)(H,23,25). The number of hydrogen-bond acceptors (Lipinski definition) is 3. The lowest BCUT2D eigenvalue weighted by Gasteiger charge is -2.21. The van der Waals surface area contributed by atoms with E-state index in [2.05, 4.69) is 17.7 Å². The van der Waals surface area contributed by atoms with Crippen molar-refractivity contribution in [2.24, 2.45) is 0 Å². The molecule has 0 saturated carbocycles. The van der Waals surface area contributed by atoms with Gasteiger partial charge in [-0.2, -0.15) is 5.01 Å². The number of benzene rings is 1. The quantitative estimate of drug-likeness (QED) is 0.458. The highest BCUT2D eigenvalue weighted by Gasteiger charge is 2.48. The first kappa shape index (κ1) is 20.9. The molecule has 0 radical (unpaired) electrons. The van der Waals surface area contributed by atoms with Crippen molar-refractivity contribution in [2.75, 3.05) is 0 Å². The average molecular weight is 373 g/mol. The second kappa shape index (κ2) is 10.1. The van der Waals surface area contributed by atoms with Crippen LogP contribution in [0.5, 0.6) is 0 Å². The molecule has 27 heavy (non-hydrogen) atoms. The van der Waals surface area contributed by atoms with E-state index in [-0.39, 0.29) is 5.91 Å². The summed E-state index contributed by atoms with van der Waals surface area (Å²) >= 11 is 0. The number of carbonyl (C=O) groups is 3. The van der Waals surface area contributed by atoms with Gasteiger partial charge in [-0.1, -0.05) is 69.4 Å². The lowest BCUT2D eigenvalue weighted by Crippen LogP contribution is -2.48. The van der Waals surface area contributed by atoms with Gasteiger partial charge in [0.25, 0.3) is 5.91 Å². The van der Waals surface area contributed by atoms with Crippen LogP contribution in [0.2, 0.25) is 0 Å². The summed E-state index contributed by atoms with van der Waals surface area (Å²) in [4.78, 5) is 36.9. The van der Waals surface area contributed by atoms with E-state index in [0.29, 0.717) is 19.3 Å². The maximum absolute atomic E-state index is 12.7. The molecule has 1 aliphatic rings. The van der Waals surface area contributed by atoms with Crippen molar-refractivity contribution in [1.82, 2.24) is 15.8 Å². The Morgan fingerprint density at radius 2 is 1.74 bits per heavy atom. The molecule has 0 aliphatic carbocycles. The Morgan fingerprint density at radius 1 is 1.07 bits per heavy atom. The van der Waals surface area contributed by atoms with Crippen LogP contribution in [0, 0.1) is 0 Å². The zero-order valence-electron chi connectivity index (χ0n) is 16.4. The lowest BCUT2D eigenvalue weighted by molar-refractivity contribution is -0.138. The predicted octanol–water partition coefficient (Wildman–Crippen LogP) is 3.71. The van der Waals surface area contributed by atoms with Crippen molar-refractivity contribution >= 4 is 17.8 Å². The summed E-state index contributed by atoms with van der Waals surface area (Å²) in [5, 5.41) is 3.56. The van der Waals surface area contributed by atoms with Crippen molar-refractivity contribution in [2.45, 2.75) is 77.2 Å². The highest BCUT2D eigenvalue weighted by atomic mass is 16.2. The molecule has 2 rings (SSSR count). The molecule has 6 heteroatoms. The number of imide groups is 1. The molecule has 1 fully saturated rings. The summed E-state index contributed by atoms with van der Waals surface area (Å²) in [5.41, 5.74) is 2.57. The molecule has 1 aliphatic heterocycles. The van der Waals surface area contributed by atoms with Gasteiger partial charge >= 0.3 is 6.03 Å². The SMILES string of the molecule is CCCCCCCCC(=O)NN1C(=O)NC(C)(CCc2ccccc2)C1=O. The van der Waals surface area contributed by atoms with Gasteiger partial charge in [0.15, 0.2) is 0 Å². The fourth-order valence-electron chi connectivity index (χ4n) is 3.24. The topological polar surface area (TPSA) is 78.5 Å². The van der Waals surface area contributed by atoms with Gasteiger partial charge in [0.2, 0.25) is 5.91 Å². The Bertz CT molecular complexity index is 647. The minimum Gasteiger partial charge on any atom is -0.322 e. The summed E-state index contributed by atoms with van der Waals surface area (Å²) in [7, 11) is 0. The third-order valence-electron chi connectivity index (χ3n) is 5.01.